The van der Waals surface area contributed by atoms with Gasteiger partial charge in [0.05, 0.1) is 25.0 Å². The molecule has 4 nitrogen and oxygen atoms in total. The second kappa shape index (κ2) is 3.58. The summed E-state index contributed by atoms with van der Waals surface area (Å²) in [6, 6.07) is 7.66. The minimum Gasteiger partial charge on any atom is -0.469 e. The van der Waals surface area contributed by atoms with Crippen LogP contribution in [0.1, 0.15) is 17.2 Å². The smallest absolute Gasteiger partial charge is 0.311 e. The second-order valence-electron chi connectivity index (χ2n) is 4.54. The lowest BCUT2D eigenvalue weighted by atomic mass is 9.76. The minimum atomic E-state index is -0.373. The van der Waals surface area contributed by atoms with E-state index >= 15 is 0 Å². The molecular formula is C13H13NO3. The lowest BCUT2D eigenvalue weighted by Crippen LogP contribution is -2.32. The first-order valence-corrected chi connectivity index (χ1v) is 5.68. The van der Waals surface area contributed by atoms with Crippen LogP contribution in [0.3, 0.4) is 0 Å². The van der Waals surface area contributed by atoms with Gasteiger partial charge in [-0.25, -0.2) is 0 Å². The van der Waals surface area contributed by atoms with Crippen molar-refractivity contribution in [1.82, 2.24) is 5.32 Å². The number of esters is 1. The third kappa shape index (κ3) is 1.37. The Morgan fingerprint density at radius 3 is 2.94 bits per heavy atom. The number of rotatable bonds is 1. The highest BCUT2D eigenvalue weighted by molar-refractivity contribution is 5.91. The van der Waals surface area contributed by atoms with Crippen LogP contribution in [0.4, 0.5) is 0 Å². The number of carbonyl (C=O) groups is 2. The van der Waals surface area contributed by atoms with Crippen LogP contribution in [0.15, 0.2) is 24.3 Å². The predicted molar refractivity (Wildman–Crippen MR) is 60.0 cm³/mol. The highest BCUT2D eigenvalue weighted by atomic mass is 16.5. The Kier molecular flexibility index (Phi) is 2.18. The van der Waals surface area contributed by atoms with Crippen LogP contribution in [0.2, 0.25) is 0 Å². The molecule has 0 spiro atoms. The number of fused-ring (bicyclic) bond motifs is 4. The minimum absolute atomic E-state index is 0.0402. The Balaban J connectivity index is 2.08. The van der Waals surface area contributed by atoms with Gasteiger partial charge in [-0.1, -0.05) is 24.3 Å². The number of benzene rings is 1. The lowest BCUT2D eigenvalue weighted by Gasteiger charge is -2.27. The van der Waals surface area contributed by atoms with Crippen molar-refractivity contribution in [3.8, 4) is 0 Å². The fourth-order valence-corrected chi connectivity index (χ4v) is 2.93. The van der Waals surface area contributed by atoms with E-state index in [1.165, 1.54) is 7.11 Å². The monoisotopic (exact) mass is 231 g/mol. The summed E-state index contributed by atoms with van der Waals surface area (Å²) < 4.78 is 4.80. The molecule has 1 aliphatic carbocycles. The topological polar surface area (TPSA) is 55.4 Å². The summed E-state index contributed by atoms with van der Waals surface area (Å²) in [5, 5.41) is 2.90. The first-order valence-electron chi connectivity index (χ1n) is 5.68. The van der Waals surface area contributed by atoms with Gasteiger partial charge in [-0.2, -0.15) is 0 Å². The molecule has 1 N–H and O–H groups in total. The van der Waals surface area contributed by atoms with Crippen LogP contribution in [-0.4, -0.2) is 19.0 Å². The van der Waals surface area contributed by atoms with Crippen molar-refractivity contribution in [3.63, 3.8) is 0 Å². The fourth-order valence-electron chi connectivity index (χ4n) is 2.93. The van der Waals surface area contributed by atoms with Crippen LogP contribution >= 0.6 is 0 Å². The summed E-state index contributed by atoms with van der Waals surface area (Å²) in [5.41, 5.74) is 2.20. The molecule has 1 fully saturated rings. The van der Waals surface area contributed by atoms with Crippen molar-refractivity contribution in [1.29, 1.82) is 0 Å². The molecule has 88 valence electrons. The Bertz CT molecular complexity index is 497. The molecule has 17 heavy (non-hydrogen) atoms. The normalized spacial score (nSPS) is 29.5. The zero-order valence-electron chi connectivity index (χ0n) is 9.47. The number of hydrogen-bond acceptors (Lipinski definition) is 3. The van der Waals surface area contributed by atoms with Crippen LogP contribution in [0.5, 0.6) is 0 Å². The van der Waals surface area contributed by atoms with Gasteiger partial charge in [-0.05, 0) is 17.5 Å². The van der Waals surface area contributed by atoms with E-state index in [-0.39, 0.29) is 29.8 Å². The van der Waals surface area contributed by atoms with E-state index in [9.17, 15) is 9.59 Å². The average Bonchev–Trinajstić information content (AvgIpc) is 2.60. The van der Waals surface area contributed by atoms with Gasteiger partial charge in [0, 0.05) is 0 Å². The van der Waals surface area contributed by atoms with Crippen LogP contribution in [0.25, 0.3) is 0 Å². The highest BCUT2D eigenvalue weighted by Crippen LogP contribution is 2.43. The van der Waals surface area contributed by atoms with E-state index in [4.69, 9.17) is 4.74 Å². The van der Waals surface area contributed by atoms with E-state index in [0.717, 1.165) is 11.1 Å². The van der Waals surface area contributed by atoms with Crippen LogP contribution in [-0.2, 0) is 20.7 Å². The zero-order chi connectivity index (χ0) is 12.0. The average molecular weight is 231 g/mol. The van der Waals surface area contributed by atoms with E-state index in [2.05, 4.69) is 5.32 Å². The first-order chi connectivity index (χ1) is 8.22. The predicted octanol–water partition coefficient (Wildman–Crippen LogP) is 0.819. The molecular weight excluding hydrogens is 218 g/mol. The summed E-state index contributed by atoms with van der Waals surface area (Å²) in [5.74, 6) is -0.987. The van der Waals surface area contributed by atoms with Crippen molar-refractivity contribution in [2.75, 3.05) is 7.11 Å². The van der Waals surface area contributed by atoms with Crippen molar-refractivity contribution in [2.24, 2.45) is 11.8 Å². The molecule has 1 amide bonds. The number of carbonyl (C=O) groups excluding carboxylic acids is 2. The van der Waals surface area contributed by atoms with E-state index < -0.39 is 0 Å². The molecule has 4 heteroatoms. The van der Waals surface area contributed by atoms with Crippen molar-refractivity contribution in [3.05, 3.63) is 35.4 Å². The largest absolute Gasteiger partial charge is 0.469 e. The molecule has 1 saturated heterocycles. The molecule has 0 saturated carbocycles. The van der Waals surface area contributed by atoms with Gasteiger partial charge in [0.25, 0.3) is 0 Å². The summed E-state index contributed by atoms with van der Waals surface area (Å²) in [6.45, 7) is 0. The quantitative estimate of drug-likeness (QED) is 0.728. The third-order valence-electron chi connectivity index (χ3n) is 3.73. The standard InChI is InChI=1S/C13H13NO3/c1-17-13(16)10-9-6-7-4-2-3-5-8(7)11(10)14-12(9)15/h2-5,9-11H,6H2,1H3,(H,14,15)/t9-,10+,11+/m0/s1. The summed E-state index contributed by atoms with van der Waals surface area (Å²) in [4.78, 5) is 23.6. The fraction of sp³-hybridized carbons (Fsp3) is 0.385. The Morgan fingerprint density at radius 1 is 1.41 bits per heavy atom. The molecule has 1 aromatic rings. The van der Waals surface area contributed by atoms with Crippen LogP contribution in [0, 0.1) is 11.8 Å². The molecule has 2 aliphatic rings. The molecule has 0 unspecified atom stereocenters. The molecule has 1 aliphatic heterocycles. The summed E-state index contributed by atoms with van der Waals surface area (Å²) in [6.07, 6.45) is 0.623. The maximum absolute atomic E-state index is 11.8. The van der Waals surface area contributed by atoms with E-state index in [1.807, 2.05) is 24.3 Å². The first kappa shape index (κ1) is 10.3. The van der Waals surface area contributed by atoms with Crippen molar-refractivity contribution in [2.45, 2.75) is 12.5 Å². The molecule has 1 aromatic carbocycles. The Hall–Kier alpha value is -1.84. The molecule has 1 heterocycles. The maximum atomic E-state index is 11.8. The Morgan fingerprint density at radius 2 is 2.18 bits per heavy atom. The highest BCUT2D eigenvalue weighted by Gasteiger charge is 2.51. The molecule has 3 atom stereocenters. The molecule has 2 bridgehead atoms. The Labute approximate surface area is 99.0 Å². The molecule has 0 aromatic heterocycles. The number of amides is 1. The number of ether oxygens (including phenoxy) is 1. The number of methoxy groups -OCH3 is 1. The van der Waals surface area contributed by atoms with Gasteiger partial charge in [-0.15, -0.1) is 0 Å². The van der Waals surface area contributed by atoms with Crippen molar-refractivity contribution < 1.29 is 14.3 Å². The van der Waals surface area contributed by atoms with Gasteiger partial charge < -0.3 is 10.1 Å². The second-order valence-corrected chi connectivity index (χ2v) is 4.54. The van der Waals surface area contributed by atoms with E-state index in [0.29, 0.717) is 6.42 Å². The third-order valence-corrected chi connectivity index (χ3v) is 3.73. The summed E-state index contributed by atoms with van der Waals surface area (Å²) in [7, 11) is 1.37. The van der Waals surface area contributed by atoms with Gasteiger partial charge in [0.15, 0.2) is 0 Å². The number of nitrogens with one attached hydrogen (secondary N) is 1. The molecule has 0 radical (unpaired) electrons. The van der Waals surface area contributed by atoms with Gasteiger partial charge in [0.1, 0.15) is 0 Å². The van der Waals surface area contributed by atoms with Crippen LogP contribution < -0.4 is 5.32 Å². The summed E-state index contributed by atoms with van der Waals surface area (Å²) >= 11 is 0. The zero-order valence-corrected chi connectivity index (χ0v) is 9.47. The van der Waals surface area contributed by atoms with E-state index in [1.54, 1.807) is 0 Å². The molecule has 3 rings (SSSR count). The van der Waals surface area contributed by atoms with Gasteiger partial charge >= 0.3 is 5.97 Å². The van der Waals surface area contributed by atoms with Crippen molar-refractivity contribution >= 4 is 11.9 Å². The van der Waals surface area contributed by atoms with Gasteiger partial charge in [-0.3, -0.25) is 9.59 Å². The SMILES string of the molecule is COC(=O)[C@@H]1[C@@H]2Cc3ccccc3[C@H]1NC2=O. The maximum Gasteiger partial charge on any atom is 0.311 e. The number of hydrogen-bond donors (Lipinski definition) is 1. The lowest BCUT2D eigenvalue weighted by molar-refractivity contribution is -0.148. The van der Waals surface area contributed by atoms with Gasteiger partial charge in [0.2, 0.25) is 5.91 Å².